The van der Waals surface area contributed by atoms with Crippen LogP contribution in [0, 0.1) is 27.7 Å². The number of amidine groups is 2. The molecule has 2 heterocycles. The van der Waals surface area contributed by atoms with Gasteiger partial charge in [0.25, 0.3) is 0 Å². The van der Waals surface area contributed by atoms with E-state index >= 15 is 0 Å². The van der Waals surface area contributed by atoms with E-state index in [9.17, 15) is 0 Å². The molecular weight excluding hydrogens is 653 g/mol. The van der Waals surface area contributed by atoms with Crippen molar-refractivity contribution in [2.45, 2.75) is 40.3 Å². The molecule has 5 heteroatoms. The first-order valence-electron chi connectivity index (χ1n) is 17.7. The van der Waals surface area contributed by atoms with Crippen LogP contribution in [-0.4, -0.2) is 18.4 Å². The molecule has 1 aromatic heterocycles. The van der Waals surface area contributed by atoms with Crippen LogP contribution in [0.2, 0.25) is 0 Å². The molecule has 0 saturated heterocycles. The predicted octanol–water partition coefficient (Wildman–Crippen LogP) is 12.1. The summed E-state index contributed by atoms with van der Waals surface area (Å²) >= 11 is 1.84. The highest BCUT2D eigenvalue weighted by atomic mass is 32.1. The Hall–Kier alpha value is -5.91. The number of nitrogens with one attached hydrogen (secondary N) is 1. The molecule has 0 saturated carbocycles. The van der Waals surface area contributed by atoms with Crippen LogP contribution in [-0.2, 0) is 6.54 Å². The van der Waals surface area contributed by atoms with Crippen molar-refractivity contribution in [2.75, 3.05) is 5.32 Å². The van der Waals surface area contributed by atoms with E-state index in [1.165, 1.54) is 65.0 Å². The van der Waals surface area contributed by atoms with Crippen molar-refractivity contribution in [1.82, 2.24) is 0 Å². The quantitative estimate of drug-likeness (QED) is 0.131. The fourth-order valence-electron chi connectivity index (χ4n) is 7.52. The largest absolute Gasteiger partial charge is 0.339 e. The fourth-order valence-corrected chi connectivity index (χ4v) is 8.73. The monoisotopic (exact) mass is 692 g/mol. The average molecular weight is 693 g/mol. The third-order valence-corrected chi connectivity index (χ3v) is 11.4. The van der Waals surface area contributed by atoms with Crippen LogP contribution in [0.3, 0.4) is 0 Å². The van der Waals surface area contributed by atoms with Crippen LogP contribution in [0.5, 0.6) is 0 Å². The minimum Gasteiger partial charge on any atom is -0.339 e. The summed E-state index contributed by atoms with van der Waals surface area (Å²) in [4.78, 5) is 15.9. The van der Waals surface area contributed by atoms with Gasteiger partial charge in [0.15, 0.2) is 5.84 Å². The first kappa shape index (κ1) is 33.2. The van der Waals surface area contributed by atoms with Crippen molar-refractivity contribution in [3.8, 4) is 22.3 Å². The van der Waals surface area contributed by atoms with E-state index in [4.69, 9.17) is 9.98 Å². The van der Waals surface area contributed by atoms with Gasteiger partial charge in [-0.2, -0.15) is 0 Å². The number of benzene rings is 6. The highest BCUT2D eigenvalue weighted by Crippen LogP contribution is 2.47. The number of thiophene rings is 1. The van der Waals surface area contributed by atoms with Crippen LogP contribution >= 0.6 is 11.3 Å². The molecule has 7 aromatic rings. The molecule has 0 fully saturated rings. The van der Waals surface area contributed by atoms with Gasteiger partial charge in [-0.05, 0) is 102 Å². The number of hydrogen-bond acceptors (Lipinski definition) is 4. The van der Waals surface area contributed by atoms with Gasteiger partial charge in [0, 0.05) is 21.2 Å². The second kappa shape index (κ2) is 14.0. The zero-order valence-corrected chi connectivity index (χ0v) is 30.8. The predicted molar refractivity (Wildman–Crippen MR) is 223 cm³/mol. The van der Waals surface area contributed by atoms with Gasteiger partial charge in [-0.3, -0.25) is 9.98 Å². The summed E-state index contributed by atoms with van der Waals surface area (Å²) in [6.07, 6.45) is 0. The Bertz CT molecular complexity index is 2540. The lowest BCUT2D eigenvalue weighted by molar-refractivity contribution is 0.876. The number of aryl methyl sites for hydroxylation is 3. The SMILES string of the molecule is C=NC(=NCc1cccc(C)c1-c1ccc(C2=NC(c3cccc(-c4ccccc4C)c3C)c3sc4ccccc4c3N2)cc1C)c1ccccc1. The van der Waals surface area contributed by atoms with Crippen molar-refractivity contribution in [1.29, 1.82) is 0 Å². The minimum absolute atomic E-state index is 0.134. The summed E-state index contributed by atoms with van der Waals surface area (Å²) in [6, 6.07) is 47.1. The summed E-state index contributed by atoms with van der Waals surface area (Å²) < 4.78 is 1.26. The summed E-state index contributed by atoms with van der Waals surface area (Å²) in [5.74, 6) is 1.53. The molecule has 1 atom stereocenters. The van der Waals surface area contributed by atoms with Crippen molar-refractivity contribution in [3.05, 3.63) is 183 Å². The molecule has 6 aromatic carbocycles. The van der Waals surface area contributed by atoms with E-state index in [0.717, 1.165) is 28.2 Å². The van der Waals surface area contributed by atoms with Crippen molar-refractivity contribution >= 4 is 45.5 Å². The minimum atomic E-state index is -0.134. The van der Waals surface area contributed by atoms with E-state index in [1.54, 1.807) is 0 Å². The molecule has 52 heavy (non-hydrogen) atoms. The number of rotatable bonds is 7. The van der Waals surface area contributed by atoms with Gasteiger partial charge in [-0.1, -0.05) is 121 Å². The van der Waals surface area contributed by atoms with Gasteiger partial charge in [-0.15, -0.1) is 11.3 Å². The highest BCUT2D eigenvalue weighted by molar-refractivity contribution is 7.20. The number of nitrogens with zero attached hydrogens (tertiary/aromatic N) is 3. The Labute approximate surface area is 310 Å². The average Bonchev–Trinajstić information content (AvgIpc) is 3.55. The molecule has 1 N–H and O–H groups in total. The maximum atomic E-state index is 5.52. The second-order valence-electron chi connectivity index (χ2n) is 13.5. The van der Waals surface area contributed by atoms with Crippen molar-refractivity contribution in [3.63, 3.8) is 0 Å². The Morgan fingerprint density at radius 2 is 1.44 bits per heavy atom. The van der Waals surface area contributed by atoms with Gasteiger partial charge in [0.1, 0.15) is 11.9 Å². The zero-order valence-electron chi connectivity index (χ0n) is 29.9. The molecule has 0 amide bonds. The zero-order chi connectivity index (χ0) is 35.8. The van der Waals surface area contributed by atoms with Crippen LogP contribution in [0.25, 0.3) is 32.3 Å². The molecule has 0 radical (unpaired) electrons. The molecule has 254 valence electrons. The molecule has 0 spiro atoms. The molecule has 8 rings (SSSR count). The standard InChI is InChI=1S/C47H40N4S/c1-29-15-9-10-20-36(29)38-22-14-23-39(32(38)4)43-45-44(40-21-11-12-24-41(40)52-45)51-47(50-43)34-25-26-37(31(3)27-34)42-30(2)16-13-19-35(42)28-49-46(48-5)33-17-7-6-8-18-33/h6-27,43H,5,28H2,1-4H3,(H,50,51). The van der Waals surface area contributed by atoms with Crippen LogP contribution in [0.15, 0.2) is 148 Å². The smallest absolute Gasteiger partial charge is 0.154 e. The normalized spacial score (nSPS) is 14.1. The van der Waals surface area contributed by atoms with Crippen LogP contribution < -0.4 is 5.32 Å². The molecule has 0 bridgehead atoms. The van der Waals surface area contributed by atoms with Gasteiger partial charge in [0.2, 0.25) is 0 Å². The first-order valence-corrected chi connectivity index (χ1v) is 18.5. The van der Waals surface area contributed by atoms with E-state index in [0.29, 0.717) is 12.4 Å². The lowest BCUT2D eigenvalue weighted by atomic mass is 9.89. The Morgan fingerprint density at radius 3 is 2.25 bits per heavy atom. The molecule has 1 aliphatic rings. The topological polar surface area (TPSA) is 49.1 Å². The number of hydrogen-bond donors (Lipinski definition) is 1. The molecule has 4 nitrogen and oxygen atoms in total. The Kier molecular flexibility index (Phi) is 8.96. The molecule has 1 unspecified atom stereocenters. The van der Waals surface area contributed by atoms with Gasteiger partial charge >= 0.3 is 0 Å². The van der Waals surface area contributed by atoms with Crippen molar-refractivity contribution in [2.24, 2.45) is 15.0 Å². The summed E-state index contributed by atoms with van der Waals surface area (Å²) in [6.45, 7) is 13.1. The van der Waals surface area contributed by atoms with E-state index in [2.05, 4.69) is 148 Å². The maximum absolute atomic E-state index is 5.52. The first-order chi connectivity index (χ1) is 25.4. The summed E-state index contributed by atoms with van der Waals surface area (Å²) in [7, 11) is 0. The van der Waals surface area contributed by atoms with E-state index in [1.807, 2.05) is 41.7 Å². The molecular formula is C47H40N4S. The summed E-state index contributed by atoms with van der Waals surface area (Å²) in [5.41, 5.74) is 15.4. The number of fused-ring (bicyclic) bond motifs is 3. The van der Waals surface area contributed by atoms with Gasteiger partial charge in [-0.25, -0.2) is 4.99 Å². The molecule has 0 aliphatic carbocycles. The number of anilines is 1. The van der Waals surface area contributed by atoms with E-state index < -0.39 is 0 Å². The van der Waals surface area contributed by atoms with Crippen molar-refractivity contribution < 1.29 is 0 Å². The third-order valence-electron chi connectivity index (χ3n) is 10.2. The third kappa shape index (κ3) is 6.07. The van der Waals surface area contributed by atoms with Gasteiger partial charge < -0.3 is 5.32 Å². The van der Waals surface area contributed by atoms with Crippen LogP contribution in [0.1, 0.15) is 55.4 Å². The molecule has 1 aliphatic heterocycles. The van der Waals surface area contributed by atoms with Gasteiger partial charge in [0.05, 0.1) is 17.1 Å². The fraction of sp³-hybridized carbons (Fsp3) is 0.128. The second-order valence-corrected chi connectivity index (χ2v) is 14.6. The maximum Gasteiger partial charge on any atom is 0.154 e. The lowest BCUT2D eigenvalue weighted by Crippen LogP contribution is -2.21. The van der Waals surface area contributed by atoms with Crippen LogP contribution in [0.4, 0.5) is 5.69 Å². The Morgan fingerprint density at radius 1 is 0.712 bits per heavy atom. The Balaban J connectivity index is 1.20. The summed E-state index contributed by atoms with van der Waals surface area (Å²) in [5, 5.41) is 5.03. The number of aliphatic imine (C=N–C) groups is 3. The van der Waals surface area contributed by atoms with E-state index in [-0.39, 0.29) is 6.04 Å². The lowest BCUT2D eigenvalue weighted by Gasteiger charge is -2.26. The highest BCUT2D eigenvalue weighted by Gasteiger charge is 2.29.